The molecular formula is C12H25N. The summed E-state index contributed by atoms with van der Waals surface area (Å²) in [4.78, 5) is 0. The molecular weight excluding hydrogens is 158 g/mol. The predicted octanol–water partition coefficient (Wildman–Crippen LogP) is 3.06. The molecule has 1 saturated carbocycles. The summed E-state index contributed by atoms with van der Waals surface area (Å²) < 4.78 is 0. The molecule has 1 aliphatic carbocycles. The van der Waals surface area contributed by atoms with E-state index in [-0.39, 0.29) is 0 Å². The molecule has 0 aromatic rings. The highest BCUT2D eigenvalue weighted by Gasteiger charge is 2.44. The van der Waals surface area contributed by atoms with Gasteiger partial charge in [-0.05, 0) is 23.2 Å². The lowest BCUT2D eigenvalue weighted by Crippen LogP contribution is -2.31. The molecule has 0 heterocycles. The zero-order valence-corrected chi connectivity index (χ0v) is 10.1. The Kier molecular flexibility index (Phi) is 2.78. The first-order valence-electron chi connectivity index (χ1n) is 5.43. The van der Waals surface area contributed by atoms with E-state index >= 15 is 0 Å². The fourth-order valence-corrected chi connectivity index (χ4v) is 1.81. The molecule has 0 radical (unpaired) electrons. The third-order valence-electron chi connectivity index (χ3n) is 2.80. The summed E-state index contributed by atoms with van der Waals surface area (Å²) in [6.07, 6.45) is 1.37. The summed E-state index contributed by atoms with van der Waals surface area (Å²) >= 11 is 0. The van der Waals surface area contributed by atoms with Gasteiger partial charge in [0.1, 0.15) is 0 Å². The van der Waals surface area contributed by atoms with Crippen molar-refractivity contribution in [2.75, 3.05) is 6.54 Å². The van der Waals surface area contributed by atoms with Gasteiger partial charge in [0.25, 0.3) is 0 Å². The Morgan fingerprint density at radius 1 is 1.08 bits per heavy atom. The number of nitrogens with one attached hydrogen (secondary N) is 1. The quantitative estimate of drug-likeness (QED) is 0.694. The van der Waals surface area contributed by atoms with Gasteiger partial charge in [-0.3, -0.25) is 0 Å². The smallest absolute Gasteiger partial charge is 0.0104 e. The summed E-state index contributed by atoms with van der Waals surface area (Å²) in [5.74, 6) is 0.898. The van der Waals surface area contributed by atoms with E-state index in [1.54, 1.807) is 0 Å². The maximum atomic E-state index is 3.65. The lowest BCUT2D eigenvalue weighted by atomic mass is 9.89. The highest BCUT2D eigenvalue weighted by atomic mass is 15.0. The first-order valence-corrected chi connectivity index (χ1v) is 5.43. The zero-order chi connectivity index (χ0) is 10.3. The van der Waals surface area contributed by atoms with Crippen LogP contribution in [0.5, 0.6) is 0 Å². The third-order valence-corrected chi connectivity index (χ3v) is 2.80. The Hall–Kier alpha value is -0.0400. The maximum absolute atomic E-state index is 3.65. The Balaban J connectivity index is 2.22. The van der Waals surface area contributed by atoms with Crippen LogP contribution in [-0.2, 0) is 0 Å². The van der Waals surface area contributed by atoms with E-state index in [2.05, 4.69) is 46.9 Å². The van der Waals surface area contributed by atoms with Gasteiger partial charge in [-0.15, -0.1) is 0 Å². The van der Waals surface area contributed by atoms with Gasteiger partial charge in [0, 0.05) is 12.6 Å². The van der Waals surface area contributed by atoms with Crippen LogP contribution in [0, 0.1) is 16.7 Å². The SMILES string of the molecule is CC(C)(C)CNC1CC1C(C)(C)C. The fourth-order valence-electron chi connectivity index (χ4n) is 1.81. The normalized spacial score (nSPS) is 29.1. The lowest BCUT2D eigenvalue weighted by molar-refractivity contribution is 0.316. The Morgan fingerprint density at radius 3 is 1.92 bits per heavy atom. The van der Waals surface area contributed by atoms with E-state index in [0.717, 1.165) is 18.5 Å². The predicted molar refractivity (Wildman–Crippen MR) is 58.8 cm³/mol. The monoisotopic (exact) mass is 183 g/mol. The standard InChI is InChI=1S/C12H25N/c1-11(2,3)8-13-10-7-9(10)12(4,5)6/h9-10,13H,7-8H2,1-6H3. The van der Waals surface area contributed by atoms with E-state index in [9.17, 15) is 0 Å². The molecule has 0 aromatic heterocycles. The van der Waals surface area contributed by atoms with Crippen LogP contribution in [0.25, 0.3) is 0 Å². The average molecular weight is 183 g/mol. The zero-order valence-electron chi connectivity index (χ0n) is 10.1. The molecule has 1 rings (SSSR count). The third kappa shape index (κ3) is 3.68. The lowest BCUT2D eigenvalue weighted by Gasteiger charge is -2.22. The molecule has 2 atom stereocenters. The minimum absolute atomic E-state index is 0.422. The summed E-state index contributed by atoms with van der Waals surface area (Å²) in [6, 6.07) is 0.791. The Labute approximate surface area is 83.3 Å². The Bertz CT molecular complexity index is 171. The maximum Gasteiger partial charge on any atom is 0.0104 e. The number of hydrogen-bond donors (Lipinski definition) is 1. The molecule has 0 bridgehead atoms. The van der Waals surface area contributed by atoms with E-state index in [1.165, 1.54) is 6.42 Å². The molecule has 0 amide bonds. The van der Waals surface area contributed by atoms with Gasteiger partial charge in [0.2, 0.25) is 0 Å². The summed E-state index contributed by atoms with van der Waals surface area (Å²) in [7, 11) is 0. The van der Waals surface area contributed by atoms with Crippen molar-refractivity contribution in [3.63, 3.8) is 0 Å². The second kappa shape index (κ2) is 3.27. The van der Waals surface area contributed by atoms with E-state index < -0.39 is 0 Å². The van der Waals surface area contributed by atoms with Gasteiger partial charge < -0.3 is 5.32 Å². The first kappa shape index (κ1) is 11.0. The van der Waals surface area contributed by atoms with Crippen LogP contribution in [0.3, 0.4) is 0 Å². The molecule has 1 fully saturated rings. The number of hydrogen-bond acceptors (Lipinski definition) is 1. The van der Waals surface area contributed by atoms with Crippen LogP contribution in [0.2, 0.25) is 0 Å². The highest BCUT2D eigenvalue weighted by Crippen LogP contribution is 2.45. The van der Waals surface area contributed by atoms with Gasteiger partial charge in [-0.2, -0.15) is 0 Å². The van der Waals surface area contributed by atoms with Crippen molar-refractivity contribution in [1.82, 2.24) is 5.32 Å². The molecule has 78 valence electrons. The minimum atomic E-state index is 0.422. The second-order valence-electron chi connectivity index (χ2n) is 6.76. The summed E-state index contributed by atoms with van der Waals surface area (Å²) in [6.45, 7) is 15.0. The number of rotatable bonds is 2. The van der Waals surface area contributed by atoms with Crippen molar-refractivity contribution >= 4 is 0 Å². The minimum Gasteiger partial charge on any atom is -0.313 e. The van der Waals surface area contributed by atoms with Crippen LogP contribution in [-0.4, -0.2) is 12.6 Å². The van der Waals surface area contributed by atoms with Crippen LogP contribution in [0.1, 0.15) is 48.0 Å². The van der Waals surface area contributed by atoms with Gasteiger partial charge in [0.05, 0.1) is 0 Å². The molecule has 1 N–H and O–H groups in total. The largest absolute Gasteiger partial charge is 0.313 e. The molecule has 0 aromatic carbocycles. The van der Waals surface area contributed by atoms with E-state index in [0.29, 0.717) is 10.8 Å². The van der Waals surface area contributed by atoms with Crippen LogP contribution in [0.4, 0.5) is 0 Å². The van der Waals surface area contributed by atoms with Gasteiger partial charge >= 0.3 is 0 Å². The van der Waals surface area contributed by atoms with Crippen molar-refractivity contribution < 1.29 is 0 Å². The first-order chi connectivity index (χ1) is 5.70. The van der Waals surface area contributed by atoms with Crippen LogP contribution >= 0.6 is 0 Å². The summed E-state index contributed by atoms with van der Waals surface area (Å²) in [5.41, 5.74) is 0.917. The van der Waals surface area contributed by atoms with Crippen molar-refractivity contribution in [1.29, 1.82) is 0 Å². The molecule has 1 heteroatoms. The van der Waals surface area contributed by atoms with Crippen molar-refractivity contribution in [2.45, 2.75) is 54.0 Å². The fraction of sp³-hybridized carbons (Fsp3) is 1.00. The molecule has 13 heavy (non-hydrogen) atoms. The van der Waals surface area contributed by atoms with E-state index in [4.69, 9.17) is 0 Å². The second-order valence-corrected chi connectivity index (χ2v) is 6.76. The molecule has 2 unspecified atom stereocenters. The summed E-state index contributed by atoms with van der Waals surface area (Å²) in [5, 5.41) is 3.65. The molecule has 0 spiro atoms. The van der Waals surface area contributed by atoms with Gasteiger partial charge in [0.15, 0.2) is 0 Å². The van der Waals surface area contributed by atoms with Crippen LogP contribution < -0.4 is 5.32 Å². The molecule has 1 aliphatic rings. The molecule has 0 aliphatic heterocycles. The molecule has 1 nitrogen and oxygen atoms in total. The van der Waals surface area contributed by atoms with Gasteiger partial charge in [-0.25, -0.2) is 0 Å². The molecule has 0 saturated heterocycles. The average Bonchev–Trinajstić information content (AvgIpc) is 2.57. The van der Waals surface area contributed by atoms with Crippen molar-refractivity contribution in [3.05, 3.63) is 0 Å². The highest BCUT2D eigenvalue weighted by molar-refractivity contribution is 4.99. The topological polar surface area (TPSA) is 12.0 Å². The van der Waals surface area contributed by atoms with E-state index in [1.807, 2.05) is 0 Å². The Morgan fingerprint density at radius 2 is 1.62 bits per heavy atom. The van der Waals surface area contributed by atoms with Gasteiger partial charge in [-0.1, -0.05) is 41.5 Å². The van der Waals surface area contributed by atoms with Crippen molar-refractivity contribution in [3.8, 4) is 0 Å². The van der Waals surface area contributed by atoms with Crippen molar-refractivity contribution in [2.24, 2.45) is 16.7 Å². The van der Waals surface area contributed by atoms with Crippen LogP contribution in [0.15, 0.2) is 0 Å².